The van der Waals surface area contributed by atoms with E-state index in [0.29, 0.717) is 23.5 Å². The van der Waals surface area contributed by atoms with Gasteiger partial charge in [0.25, 0.3) is 5.91 Å². The molecule has 0 fully saturated rings. The van der Waals surface area contributed by atoms with Crippen LogP contribution in [0.2, 0.25) is 0 Å². The van der Waals surface area contributed by atoms with Crippen molar-refractivity contribution in [1.29, 1.82) is 0 Å². The van der Waals surface area contributed by atoms with E-state index >= 15 is 0 Å². The van der Waals surface area contributed by atoms with Crippen LogP contribution in [0.25, 0.3) is 0 Å². The van der Waals surface area contributed by atoms with Crippen molar-refractivity contribution >= 4 is 11.9 Å². The van der Waals surface area contributed by atoms with Crippen molar-refractivity contribution in [2.75, 3.05) is 13.7 Å². The molecule has 0 heterocycles. The number of rotatable bonds is 4. The highest BCUT2D eigenvalue weighted by Gasteiger charge is 2.19. The van der Waals surface area contributed by atoms with E-state index in [1.165, 1.54) is 13.2 Å². The van der Waals surface area contributed by atoms with Gasteiger partial charge in [-0.25, -0.2) is 4.79 Å². The van der Waals surface area contributed by atoms with Crippen LogP contribution < -0.4 is 10.1 Å². The van der Waals surface area contributed by atoms with Crippen LogP contribution in [0.15, 0.2) is 18.2 Å². The third-order valence-corrected chi connectivity index (χ3v) is 2.44. The molecule has 0 saturated carbocycles. The molecule has 0 saturated heterocycles. The number of ether oxygens (including phenoxy) is 2. The Morgan fingerprint density at radius 1 is 1.25 bits per heavy atom. The molecule has 1 rings (SSSR count). The van der Waals surface area contributed by atoms with Crippen molar-refractivity contribution < 1.29 is 19.1 Å². The second-order valence-corrected chi connectivity index (χ2v) is 5.34. The maximum atomic E-state index is 12.1. The minimum absolute atomic E-state index is 0.213. The molecular weight excluding hydrogens is 258 g/mol. The molecule has 0 aliphatic heterocycles. The van der Waals surface area contributed by atoms with Crippen molar-refractivity contribution in [3.8, 4) is 5.75 Å². The minimum atomic E-state index is -0.490. The van der Waals surface area contributed by atoms with Crippen LogP contribution in [-0.2, 0) is 4.74 Å². The Morgan fingerprint density at radius 2 is 1.90 bits per heavy atom. The van der Waals surface area contributed by atoms with Crippen molar-refractivity contribution in [1.82, 2.24) is 5.32 Å². The maximum absolute atomic E-state index is 12.1. The fourth-order valence-corrected chi connectivity index (χ4v) is 1.63. The van der Waals surface area contributed by atoms with E-state index in [9.17, 15) is 9.59 Å². The predicted octanol–water partition coefficient (Wildman–Crippen LogP) is 2.40. The number of benzene rings is 1. The minimum Gasteiger partial charge on any atom is -0.493 e. The number of hydrogen-bond acceptors (Lipinski definition) is 4. The van der Waals surface area contributed by atoms with Gasteiger partial charge < -0.3 is 14.8 Å². The molecule has 0 radical (unpaired) electrons. The van der Waals surface area contributed by atoms with Crippen molar-refractivity contribution in [3.63, 3.8) is 0 Å². The number of carbonyl (C=O) groups excluding carboxylic acids is 2. The number of hydrogen-bond donors (Lipinski definition) is 1. The SMILES string of the molecule is CCOc1cc(C(=O)NC(C)(C)C)ccc1C(=O)OC. The summed E-state index contributed by atoms with van der Waals surface area (Å²) in [6, 6.07) is 4.67. The third kappa shape index (κ3) is 4.26. The number of amides is 1. The Labute approximate surface area is 119 Å². The molecule has 0 bridgehead atoms. The van der Waals surface area contributed by atoms with Crippen LogP contribution in [0.1, 0.15) is 48.4 Å². The van der Waals surface area contributed by atoms with E-state index in [0.717, 1.165) is 0 Å². The van der Waals surface area contributed by atoms with Gasteiger partial charge in [0.1, 0.15) is 11.3 Å². The molecule has 1 aromatic carbocycles. The summed E-state index contributed by atoms with van der Waals surface area (Å²) >= 11 is 0. The number of esters is 1. The summed E-state index contributed by atoms with van der Waals surface area (Å²) in [5.74, 6) is -0.355. The van der Waals surface area contributed by atoms with Crippen molar-refractivity contribution in [2.24, 2.45) is 0 Å². The van der Waals surface area contributed by atoms with Gasteiger partial charge in [-0.1, -0.05) is 0 Å². The number of methoxy groups -OCH3 is 1. The number of nitrogens with one attached hydrogen (secondary N) is 1. The maximum Gasteiger partial charge on any atom is 0.341 e. The van der Waals surface area contributed by atoms with Crippen molar-refractivity contribution in [3.05, 3.63) is 29.3 Å². The molecule has 110 valence electrons. The predicted molar refractivity (Wildman–Crippen MR) is 76.2 cm³/mol. The third-order valence-electron chi connectivity index (χ3n) is 2.44. The van der Waals surface area contributed by atoms with E-state index in [1.54, 1.807) is 12.1 Å². The zero-order chi connectivity index (χ0) is 15.3. The molecule has 1 aromatic rings. The molecule has 0 aliphatic carbocycles. The second-order valence-electron chi connectivity index (χ2n) is 5.34. The van der Waals surface area contributed by atoms with Crippen LogP contribution in [-0.4, -0.2) is 31.1 Å². The molecule has 0 atom stereocenters. The Hall–Kier alpha value is -2.04. The van der Waals surface area contributed by atoms with E-state index in [1.807, 2.05) is 27.7 Å². The van der Waals surface area contributed by atoms with Gasteiger partial charge in [-0.05, 0) is 45.9 Å². The highest BCUT2D eigenvalue weighted by molar-refractivity contribution is 5.98. The van der Waals surface area contributed by atoms with Crippen molar-refractivity contribution in [2.45, 2.75) is 33.2 Å². The topological polar surface area (TPSA) is 64.6 Å². The van der Waals surface area contributed by atoms with Gasteiger partial charge in [-0.2, -0.15) is 0 Å². The van der Waals surface area contributed by atoms with E-state index in [2.05, 4.69) is 10.1 Å². The van der Waals surface area contributed by atoms with Gasteiger partial charge >= 0.3 is 5.97 Å². The first kappa shape index (κ1) is 16.0. The lowest BCUT2D eigenvalue weighted by atomic mass is 10.1. The monoisotopic (exact) mass is 279 g/mol. The largest absolute Gasteiger partial charge is 0.493 e. The van der Waals surface area contributed by atoms with Gasteiger partial charge in [0.05, 0.1) is 13.7 Å². The first-order chi connectivity index (χ1) is 9.28. The van der Waals surface area contributed by atoms with Gasteiger partial charge in [-0.15, -0.1) is 0 Å². The molecule has 1 amide bonds. The Morgan fingerprint density at radius 3 is 2.40 bits per heavy atom. The highest BCUT2D eigenvalue weighted by Crippen LogP contribution is 2.22. The lowest BCUT2D eigenvalue weighted by Crippen LogP contribution is -2.40. The summed E-state index contributed by atoms with van der Waals surface area (Å²) in [5, 5.41) is 2.86. The highest BCUT2D eigenvalue weighted by atomic mass is 16.5. The fourth-order valence-electron chi connectivity index (χ4n) is 1.63. The summed E-state index contributed by atoms with van der Waals surface area (Å²) in [5.41, 5.74) is 0.418. The normalized spacial score (nSPS) is 10.8. The van der Waals surface area contributed by atoms with Crippen LogP contribution in [0.5, 0.6) is 5.75 Å². The van der Waals surface area contributed by atoms with Gasteiger partial charge in [0, 0.05) is 11.1 Å². The van der Waals surface area contributed by atoms with Crippen LogP contribution in [0.3, 0.4) is 0 Å². The summed E-state index contributed by atoms with van der Waals surface area (Å²) < 4.78 is 10.1. The van der Waals surface area contributed by atoms with Gasteiger partial charge in [0.15, 0.2) is 0 Å². The summed E-state index contributed by atoms with van der Waals surface area (Å²) in [6.07, 6.45) is 0. The second kappa shape index (κ2) is 6.41. The summed E-state index contributed by atoms with van der Waals surface area (Å²) in [7, 11) is 1.30. The summed E-state index contributed by atoms with van der Waals surface area (Å²) in [6.45, 7) is 7.91. The van der Waals surface area contributed by atoms with Crippen LogP contribution >= 0.6 is 0 Å². The molecule has 0 aliphatic rings. The quantitative estimate of drug-likeness (QED) is 0.860. The standard InChI is InChI=1S/C15H21NO4/c1-6-20-12-9-10(13(17)16-15(2,3)4)7-8-11(12)14(18)19-5/h7-9H,6H2,1-5H3,(H,16,17). The molecule has 5 nitrogen and oxygen atoms in total. The first-order valence-electron chi connectivity index (χ1n) is 6.46. The fraction of sp³-hybridized carbons (Fsp3) is 0.467. The van der Waals surface area contributed by atoms with Crippen LogP contribution in [0.4, 0.5) is 0 Å². The van der Waals surface area contributed by atoms with Gasteiger partial charge in [-0.3, -0.25) is 4.79 Å². The Bertz CT molecular complexity index is 503. The molecule has 0 unspecified atom stereocenters. The molecule has 0 spiro atoms. The zero-order valence-electron chi connectivity index (χ0n) is 12.6. The molecule has 20 heavy (non-hydrogen) atoms. The smallest absolute Gasteiger partial charge is 0.341 e. The molecule has 1 N–H and O–H groups in total. The Kier molecular flexibility index (Phi) is 5.13. The Balaban J connectivity index is 3.10. The van der Waals surface area contributed by atoms with E-state index in [4.69, 9.17) is 4.74 Å². The first-order valence-corrected chi connectivity index (χ1v) is 6.46. The van der Waals surface area contributed by atoms with E-state index < -0.39 is 5.97 Å². The average Bonchev–Trinajstić information content (AvgIpc) is 2.36. The van der Waals surface area contributed by atoms with E-state index in [-0.39, 0.29) is 11.4 Å². The average molecular weight is 279 g/mol. The molecule has 0 aromatic heterocycles. The zero-order valence-corrected chi connectivity index (χ0v) is 12.6. The summed E-state index contributed by atoms with van der Waals surface area (Å²) in [4.78, 5) is 23.7. The van der Waals surface area contributed by atoms with Crippen LogP contribution in [0, 0.1) is 0 Å². The molecular formula is C15H21NO4. The lowest BCUT2D eigenvalue weighted by Gasteiger charge is -2.21. The number of carbonyl (C=O) groups is 2. The molecule has 5 heteroatoms. The lowest BCUT2D eigenvalue weighted by molar-refractivity contribution is 0.0595. The van der Waals surface area contributed by atoms with Gasteiger partial charge in [0.2, 0.25) is 0 Å².